The van der Waals surface area contributed by atoms with Crippen LogP contribution in [0, 0.1) is 11.7 Å². The van der Waals surface area contributed by atoms with Crippen LogP contribution in [0.3, 0.4) is 0 Å². The highest BCUT2D eigenvalue weighted by atomic mass is 35.5. The maximum Gasteiger partial charge on any atom is 0.243 e. The molecule has 2 aromatic carbocycles. The van der Waals surface area contributed by atoms with Crippen LogP contribution in [-0.2, 0) is 21.4 Å². The molecule has 1 amide bonds. The highest BCUT2D eigenvalue weighted by Gasteiger charge is 2.27. The molecule has 2 aliphatic heterocycles. The molecule has 6 nitrogen and oxygen atoms in total. The van der Waals surface area contributed by atoms with Gasteiger partial charge in [-0.1, -0.05) is 24.1 Å². The molecule has 2 heterocycles. The number of benzene rings is 2. The third kappa shape index (κ3) is 5.93. The van der Waals surface area contributed by atoms with E-state index in [0.717, 1.165) is 19.3 Å². The van der Waals surface area contributed by atoms with E-state index in [1.54, 1.807) is 36.4 Å². The Hall–Kier alpha value is -2.00. The van der Waals surface area contributed by atoms with Crippen LogP contribution in [0.25, 0.3) is 0 Å². The third-order valence-corrected chi connectivity index (χ3v) is 8.59. The molecule has 0 spiro atoms. The Morgan fingerprint density at radius 3 is 2.30 bits per heavy atom. The topological polar surface area (TPSA) is 69.7 Å². The van der Waals surface area contributed by atoms with Crippen LogP contribution < -0.4 is 5.32 Å². The van der Waals surface area contributed by atoms with Crippen LogP contribution in [0.15, 0.2) is 47.4 Å². The van der Waals surface area contributed by atoms with E-state index in [1.807, 2.05) is 0 Å². The summed E-state index contributed by atoms with van der Waals surface area (Å²) in [5.74, 6) is -0.514. The van der Waals surface area contributed by atoms with Crippen molar-refractivity contribution in [3.05, 3.63) is 58.9 Å². The minimum atomic E-state index is -3.48. The second-order valence-corrected chi connectivity index (χ2v) is 11.1. The van der Waals surface area contributed by atoms with Crippen LogP contribution in [0.4, 0.5) is 10.1 Å². The number of nitrogens with one attached hydrogen (secondary N) is 1. The predicted molar refractivity (Wildman–Crippen MR) is 127 cm³/mol. The Morgan fingerprint density at radius 1 is 1.00 bits per heavy atom. The normalized spacial score (nSPS) is 18.8. The van der Waals surface area contributed by atoms with Crippen molar-refractivity contribution in [1.82, 2.24) is 9.21 Å². The van der Waals surface area contributed by atoms with E-state index in [-0.39, 0.29) is 22.5 Å². The van der Waals surface area contributed by atoms with Crippen molar-refractivity contribution in [3.8, 4) is 0 Å². The average Bonchev–Trinajstić information content (AvgIpc) is 2.82. The molecule has 0 aliphatic carbocycles. The fourth-order valence-corrected chi connectivity index (χ4v) is 6.13. The number of carbonyl (C=O) groups excluding carboxylic acids is 1. The maximum atomic E-state index is 14.0. The van der Waals surface area contributed by atoms with Gasteiger partial charge in [0, 0.05) is 41.8 Å². The van der Waals surface area contributed by atoms with Crippen LogP contribution in [-0.4, -0.2) is 49.7 Å². The standard InChI is InChI=1S/C24H29ClFN3O3S/c25-20-5-4-19(23(26)16-20)17-28-14-10-18(11-15-28)24(30)27-21-6-8-22(9-7-21)33(31,32)29-12-2-1-3-13-29/h4-9,16,18H,1-3,10-15,17H2,(H,27,30). The van der Waals surface area contributed by atoms with Gasteiger partial charge in [-0.3, -0.25) is 9.69 Å². The lowest BCUT2D eigenvalue weighted by Gasteiger charge is -2.31. The van der Waals surface area contributed by atoms with Gasteiger partial charge < -0.3 is 5.32 Å². The van der Waals surface area contributed by atoms with Gasteiger partial charge >= 0.3 is 0 Å². The fraction of sp³-hybridized carbons (Fsp3) is 0.458. The second kappa shape index (κ2) is 10.5. The zero-order valence-electron chi connectivity index (χ0n) is 18.5. The van der Waals surface area contributed by atoms with Crippen molar-refractivity contribution in [2.45, 2.75) is 43.5 Å². The largest absolute Gasteiger partial charge is 0.326 e. The number of amides is 1. The van der Waals surface area contributed by atoms with Crippen LogP contribution >= 0.6 is 11.6 Å². The quantitative estimate of drug-likeness (QED) is 0.643. The molecule has 0 atom stereocenters. The number of hydrogen-bond acceptors (Lipinski definition) is 4. The minimum absolute atomic E-state index is 0.0704. The van der Waals surface area contributed by atoms with Crippen molar-refractivity contribution < 1.29 is 17.6 Å². The van der Waals surface area contributed by atoms with E-state index in [2.05, 4.69) is 10.2 Å². The lowest BCUT2D eigenvalue weighted by molar-refractivity contribution is -0.121. The van der Waals surface area contributed by atoms with Gasteiger partial charge in [0.1, 0.15) is 5.82 Å². The van der Waals surface area contributed by atoms with Crippen LogP contribution in [0.1, 0.15) is 37.7 Å². The summed E-state index contributed by atoms with van der Waals surface area (Å²) in [5, 5.41) is 3.29. The first-order valence-corrected chi connectivity index (χ1v) is 13.2. The molecule has 178 valence electrons. The molecule has 1 N–H and O–H groups in total. The minimum Gasteiger partial charge on any atom is -0.326 e. The van der Waals surface area contributed by atoms with E-state index in [1.165, 1.54) is 10.4 Å². The van der Waals surface area contributed by atoms with E-state index in [4.69, 9.17) is 11.6 Å². The molecular weight excluding hydrogens is 465 g/mol. The first-order valence-electron chi connectivity index (χ1n) is 11.4. The van der Waals surface area contributed by atoms with Gasteiger partial charge in [0.05, 0.1) is 4.90 Å². The Balaban J connectivity index is 1.29. The summed E-state index contributed by atoms with van der Waals surface area (Å²) in [6.45, 7) is 3.01. The van der Waals surface area contributed by atoms with E-state index < -0.39 is 10.0 Å². The van der Waals surface area contributed by atoms with Crippen molar-refractivity contribution in [1.29, 1.82) is 0 Å². The molecule has 0 aromatic heterocycles. The summed E-state index contributed by atoms with van der Waals surface area (Å²) < 4.78 is 41.1. The van der Waals surface area contributed by atoms with Gasteiger partial charge in [-0.05, 0) is 75.2 Å². The molecule has 2 aromatic rings. The molecular formula is C24H29ClFN3O3S. The molecule has 2 aliphatic rings. The summed E-state index contributed by atoms with van der Waals surface area (Å²) in [6, 6.07) is 11.1. The number of rotatable bonds is 6. The van der Waals surface area contributed by atoms with E-state index in [0.29, 0.717) is 61.8 Å². The zero-order chi connectivity index (χ0) is 23.4. The molecule has 9 heteroatoms. The second-order valence-electron chi connectivity index (χ2n) is 8.76. The number of likely N-dealkylation sites (tertiary alicyclic amines) is 1. The summed E-state index contributed by atoms with van der Waals surface area (Å²) in [5.41, 5.74) is 1.19. The van der Waals surface area contributed by atoms with Gasteiger partial charge in [-0.15, -0.1) is 0 Å². The zero-order valence-corrected chi connectivity index (χ0v) is 20.0. The summed E-state index contributed by atoms with van der Waals surface area (Å²) in [7, 11) is -3.48. The molecule has 2 saturated heterocycles. The van der Waals surface area contributed by atoms with Gasteiger partial charge in [0.25, 0.3) is 0 Å². The Morgan fingerprint density at radius 2 is 1.67 bits per heavy atom. The highest BCUT2D eigenvalue weighted by molar-refractivity contribution is 7.89. The summed E-state index contributed by atoms with van der Waals surface area (Å²) in [6.07, 6.45) is 4.21. The lowest BCUT2D eigenvalue weighted by atomic mass is 9.95. The van der Waals surface area contributed by atoms with Crippen molar-refractivity contribution in [3.63, 3.8) is 0 Å². The van der Waals surface area contributed by atoms with Gasteiger partial charge in [-0.25, -0.2) is 12.8 Å². The first kappa shape index (κ1) is 24.1. The summed E-state index contributed by atoms with van der Waals surface area (Å²) in [4.78, 5) is 15.1. The number of halogens is 2. The fourth-order valence-electron chi connectivity index (χ4n) is 4.45. The SMILES string of the molecule is O=C(Nc1ccc(S(=O)(=O)N2CCCCC2)cc1)C1CCN(Cc2ccc(Cl)cc2F)CC1. The molecule has 33 heavy (non-hydrogen) atoms. The van der Waals surface area contributed by atoms with Crippen molar-refractivity contribution >= 4 is 33.2 Å². The maximum absolute atomic E-state index is 14.0. The third-order valence-electron chi connectivity index (χ3n) is 6.44. The molecule has 0 radical (unpaired) electrons. The Bertz CT molecular complexity index is 1080. The van der Waals surface area contributed by atoms with Gasteiger partial charge in [-0.2, -0.15) is 4.31 Å². The number of anilines is 1. The van der Waals surface area contributed by atoms with E-state index in [9.17, 15) is 17.6 Å². The molecule has 0 unspecified atom stereocenters. The predicted octanol–water partition coefficient (Wildman–Crippen LogP) is 4.50. The van der Waals surface area contributed by atoms with Crippen molar-refractivity contribution in [2.24, 2.45) is 5.92 Å². The highest BCUT2D eigenvalue weighted by Crippen LogP contribution is 2.25. The number of sulfonamides is 1. The molecule has 4 rings (SSSR count). The number of piperidine rings is 2. The molecule has 0 bridgehead atoms. The first-order chi connectivity index (χ1) is 15.8. The van der Waals surface area contributed by atoms with E-state index >= 15 is 0 Å². The lowest BCUT2D eigenvalue weighted by Crippen LogP contribution is -2.38. The number of carbonyl (C=O) groups is 1. The Kier molecular flexibility index (Phi) is 7.69. The number of nitrogens with zero attached hydrogens (tertiary/aromatic N) is 2. The monoisotopic (exact) mass is 493 g/mol. The van der Waals surface area contributed by atoms with Crippen LogP contribution in [0.2, 0.25) is 5.02 Å². The molecule has 2 fully saturated rings. The summed E-state index contributed by atoms with van der Waals surface area (Å²) >= 11 is 5.82. The Labute approximate surface area is 199 Å². The smallest absolute Gasteiger partial charge is 0.243 e. The number of hydrogen-bond donors (Lipinski definition) is 1. The van der Waals surface area contributed by atoms with Crippen molar-refractivity contribution in [2.75, 3.05) is 31.5 Å². The average molecular weight is 494 g/mol. The van der Waals surface area contributed by atoms with Crippen LogP contribution in [0.5, 0.6) is 0 Å². The molecule has 0 saturated carbocycles. The van der Waals surface area contributed by atoms with Gasteiger partial charge in [0.2, 0.25) is 15.9 Å². The van der Waals surface area contributed by atoms with Gasteiger partial charge in [0.15, 0.2) is 0 Å².